The normalized spacial score (nSPS) is 18.1. The Balaban J connectivity index is 0.00000261. The van der Waals surface area contributed by atoms with Crippen LogP contribution >= 0.6 is 24.0 Å². The van der Waals surface area contributed by atoms with Crippen molar-refractivity contribution in [1.29, 1.82) is 0 Å². The van der Waals surface area contributed by atoms with Crippen LogP contribution in [0.15, 0.2) is 33.8 Å². The highest BCUT2D eigenvalue weighted by Gasteiger charge is 2.33. The van der Waals surface area contributed by atoms with Crippen molar-refractivity contribution in [2.75, 3.05) is 13.6 Å². The zero-order valence-corrected chi connectivity index (χ0v) is 19.0. The van der Waals surface area contributed by atoms with Gasteiger partial charge in [0.05, 0.1) is 11.7 Å². The van der Waals surface area contributed by atoms with Crippen LogP contribution < -0.4 is 15.4 Å². The minimum Gasteiger partial charge on any atom is -0.487 e. The molecule has 7 heteroatoms. The summed E-state index contributed by atoms with van der Waals surface area (Å²) in [6, 6.07) is 8.34. The zero-order valence-electron chi connectivity index (χ0n) is 16.6. The van der Waals surface area contributed by atoms with Gasteiger partial charge in [0.2, 0.25) is 0 Å². The van der Waals surface area contributed by atoms with E-state index in [4.69, 9.17) is 9.26 Å². The van der Waals surface area contributed by atoms with Crippen molar-refractivity contribution < 1.29 is 9.26 Å². The summed E-state index contributed by atoms with van der Waals surface area (Å²) in [4.78, 5) is 4.38. The number of ether oxygens (including phenoxy) is 1. The number of aromatic nitrogens is 1. The molecule has 0 saturated heterocycles. The number of benzene rings is 1. The van der Waals surface area contributed by atoms with Crippen LogP contribution in [0.3, 0.4) is 0 Å². The Bertz CT molecular complexity index is 782. The number of halogens is 1. The van der Waals surface area contributed by atoms with Crippen molar-refractivity contribution >= 4 is 29.9 Å². The van der Waals surface area contributed by atoms with Crippen LogP contribution in [-0.2, 0) is 6.42 Å². The van der Waals surface area contributed by atoms with Crippen molar-refractivity contribution in [3.8, 4) is 5.75 Å². The average molecular weight is 484 g/mol. The molecule has 0 saturated carbocycles. The Morgan fingerprint density at radius 3 is 2.70 bits per heavy atom. The topological polar surface area (TPSA) is 71.7 Å². The molecule has 0 spiro atoms. The second kappa shape index (κ2) is 8.95. The Hall–Kier alpha value is -1.77. The molecule has 0 aliphatic carbocycles. The van der Waals surface area contributed by atoms with Crippen molar-refractivity contribution in [1.82, 2.24) is 15.8 Å². The Kier molecular flexibility index (Phi) is 7.13. The van der Waals surface area contributed by atoms with E-state index in [0.29, 0.717) is 0 Å². The number of guanidine groups is 1. The number of hydrogen-bond donors (Lipinski definition) is 2. The summed E-state index contributed by atoms with van der Waals surface area (Å²) in [6.45, 7) is 8.91. The molecule has 2 heterocycles. The molecule has 1 atom stereocenters. The average Bonchev–Trinajstić information content (AvgIpc) is 2.91. The fraction of sp³-hybridized carbons (Fsp3) is 0.500. The van der Waals surface area contributed by atoms with E-state index in [2.05, 4.69) is 40.7 Å². The number of hydrogen-bond acceptors (Lipinski definition) is 4. The summed E-state index contributed by atoms with van der Waals surface area (Å²) >= 11 is 0. The maximum absolute atomic E-state index is 6.10. The van der Waals surface area contributed by atoms with Crippen molar-refractivity contribution in [2.45, 2.75) is 52.2 Å². The number of aryl methyl sites for hydroxylation is 2. The second-order valence-corrected chi connectivity index (χ2v) is 7.35. The summed E-state index contributed by atoms with van der Waals surface area (Å²) in [6.07, 6.45) is 1.71. The maximum atomic E-state index is 6.10. The molecule has 2 aromatic rings. The number of para-hydroxylation sites is 1. The van der Waals surface area contributed by atoms with Gasteiger partial charge in [-0.25, -0.2) is 0 Å². The van der Waals surface area contributed by atoms with E-state index in [1.807, 2.05) is 32.0 Å². The van der Waals surface area contributed by atoms with E-state index in [-0.39, 0.29) is 35.6 Å². The molecule has 1 unspecified atom stereocenters. The van der Waals surface area contributed by atoms with Gasteiger partial charge >= 0.3 is 0 Å². The van der Waals surface area contributed by atoms with Gasteiger partial charge in [-0.1, -0.05) is 23.4 Å². The SMILES string of the molecule is CN=C(NCCc1c(C)noc1C)NC1CC(C)(C)Oc2ccccc21.I. The quantitative estimate of drug-likeness (QED) is 0.391. The molecule has 6 nitrogen and oxygen atoms in total. The number of nitrogens with zero attached hydrogens (tertiary/aromatic N) is 2. The van der Waals surface area contributed by atoms with Gasteiger partial charge in [0, 0.05) is 31.1 Å². The fourth-order valence-corrected chi connectivity index (χ4v) is 3.46. The molecule has 0 bridgehead atoms. The highest BCUT2D eigenvalue weighted by Crippen LogP contribution is 2.39. The third-order valence-corrected chi connectivity index (χ3v) is 4.76. The molecule has 1 aliphatic heterocycles. The summed E-state index contributed by atoms with van der Waals surface area (Å²) in [5.41, 5.74) is 3.06. The van der Waals surface area contributed by atoms with E-state index in [0.717, 1.165) is 48.1 Å². The lowest BCUT2D eigenvalue weighted by atomic mass is 9.90. The lowest BCUT2D eigenvalue weighted by molar-refractivity contribution is 0.0694. The first kappa shape index (κ1) is 21.5. The highest BCUT2D eigenvalue weighted by molar-refractivity contribution is 14.0. The van der Waals surface area contributed by atoms with Crippen LogP contribution in [0.5, 0.6) is 5.75 Å². The lowest BCUT2D eigenvalue weighted by Gasteiger charge is -2.38. The van der Waals surface area contributed by atoms with E-state index in [9.17, 15) is 0 Å². The molecule has 3 rings (SSSR count). The van der Waals surface area contributed by atoms with Crippen molar-refractivity contribution in [3.63, 3.8) is 0 Å². The monoisotopic (exact) mass is 484 g/mol. The highest BCUT2D eigenvalue weighted by atomic mass is 127. The minimum absolute atomic E-state index is 0. The zero-order chi connectivity index (χ0) is 18.7. The molecule has 0 radical (unpaired) electrons. The predicted molar refractivity (Wildman–Crippen MR) is 118 cm³/mol. The van der Waals surface area contributed by atoms with Gasteiger partial charge in [-0.15, -0.1) is 24.0 Å². The van der Waals surface area contributed by atoms with Crippen molar-refractivity contribution in [2.24, 2.45) is 4.99 Å². The Labute approximate surface area is 178 Å². The van der Waals surface area contributed by atoms with Crippen LogP contribution in [0.25, 0.3) is 0 Å². The van der Waals surface area contributed by atoms with Gasteiger partial charge in [-0.3, -0.25) is 4.99 Å². The number of rotatable bonds is 4. The summed E-state index contributed by atoms with van der Waals surface area (Å²) < 4.78 is 11.3. The van der Waals surface area contributed by atoms with Gasteiger partial charge in [-0.05, 0) is 40.2 Å². The number of nitrogens with one attached hydrogen (secondary N) is 2. The number of aliphatic imine (C=N–C) groups is 1. The standard InChI is InChI=1S/C20H28N4O2.HI/c1-13-15(14(2)26-24-13)10-11-22-19(21-5)23-17-12-20(3,4)25-18-9-7-6-8-16(17)18;/h6-9,17H,10-12H2,1-5H3,(H2,21,22,23);1H. The fourth-order valence-electron chi connectivity index (χ4n) is 3.46. The Morgan fingerprint density at radius 1 is 1.30 bits per heavy atom. The molecule has 0 amide bonds. The number of fused-ring (bicyclic) bond motifs is 1. The summed E-state index contributed by atoms with van der Waals surface area (Å²) in [7, 11) is 1.79. The molecule has 1 aliphatic rings. The molecule has 0 fully saturated rings. The predicted octanol–water partition coefficient (Wildman–Crippen LogP) is 3.92. The smallest absolute Gasteiger partial charge is 0.191 e. The van der Waals surface area contributed by atoms with Crippen LogP contribution in [0.1, 0.15) is 48.9 Å². The van der Waals surface area contributed by atoms with Crippen LogP contribution in [0, 0.1) is 13.8 Å². The van der Waals surface area contributed by atoms with Crippen LogP contribution in [0.4, 0.5) is 0 Å². The minimum atomic E-state index is -0.221. The van der Waals surface area contributed by atoms with Crippen molar-refractivity contribution in [3.05, 3.63) is 46.8 Å². The molecule has 2 N–H and O–H groups in total. The van der Waals surface area contributed by atoms with E-state index in [1.54, 1.807) is 7.05 Å². The van der Waals surface area contributed by atoms with Gasteiger partial charge in [0.25, 0.3) is 0 Å². The van der Waals surface area contributed by atoms with Gasteiger partial charge < -0.3 is 19.9 Å². The van der Waals surface area contributed by atoms with E-state index < -0.39 is 0 Å². The molecular formula is C20H29IN4O2. The third kappa shape index (κ3) is 5.15. The largest absolute Gasteiger partial charge is 0.487 e. The maximum Gasteiger partial charge on any atom is 0.191 e. The van der Waals surface area contributed by atoms with Gasteiger partial charge in [0.15, 0.2) is 5.96 Å². The third-order valence-electron chi connectivity index (χ3n) is 4.76. The summed E-state index contributed by atoms with van der Waals surface area (Å²) in [5, 5.41) is 10.9. The van der Waals surface area contributed by atoms with Crippen LogP contribution in [-0.4, -0.2) is 30.3 Å². The molecule has 148 valence electrons. The molecule has 1 aromatic heterocycles. The van der Waals surface area contributed by atoms with E-state index in [1.165, 1.54) is 5.56 Å². The molecule has 27 heavy (non-hydrogen) atoms. The Morgan fingerprint density at radius 2 is 2.04 bits per heavy atom. The second-order valence-electron chi connectivity index (χ2n) is 7.35. The molecule has 1 aromatic carbocycles. The lowest BCUT2D eigenvalue weighted by Crippen LogP contribution is -2.45. The first-order valence-electron chi connectivity index (χ1n) is 9.06. The summed E-state index contributed by atoms with van der Waals surface area (Å²) in [5.74, 6) is 2.61. The first-order chi connectivity index (χ1) is 12.4. The molecular weight excluding hydrogens is 455 g/mol. The van der Waals surface area contributed by atoms with Crippen LogP contribution in [0.2, 0.25) is 0 Å². The van der Waals surface area contributed by atoms with Gasteiger partial charge in [0.1, 0.15) is 17.1 Å². The van der Waals surface area contributed by atoms with Gasteiger partial charge in [-0.2, -0.15) is 0 Å². The first-order valence-corrected chi connectivity index (χ1v) is 9.06. The van der Waals surface area contributed by atoms with E-state index >= 15 is 0 Å².